The highest BCUT2D eigenvalue weighted by Gasteiger charge is 2.44. The van der Waals surface area contributed by atoms with E-state index in [0.29, 0.717) is 26.2 Å². The Morgan fingerprint density at radius 1 is 1.32 bits per heavy atom. The van der Waals surface area contributed by atoms with Crippen LogP contribution in [-0.4, -0.2) is 84.3 Å². The molecule has 2 fully saturated rings. The van der Waals surface area contributed by atoms with Gasteiger partial charge >= 0.3 is 12.1 Å². The Kier molecular flexibility index (Phi) is 6.83. The van der Waals surface area contributed by atoms with E-state index < -0.39 is 22.2 Å². The first-order valence-corrected chi connectivity index (χ1v) is 10.0. The molecular weight excluding hydrogens is 405 g/mol. The number of carboxylic acids is 1. The van der Waals surface area contributed by atoms with Crippen LogP contribution >= 0.6 is 0 Å². The minimum atomic E-state index is -5.08. The van der Waals surface area contributed by atoms with Crippen LogP contribution in [0.15, 0.2) is 12.1 Å². The van der Waals surface area contributed by atoms with Crippen LogP contribution < -0.4 is 4.90 Å². The third kappa shape index (κ3) is 5.29. The molecule has 13 heteroatoms. The SMILES string of the molecule is CCS(=O)(=O)N1C[C@@H]2OCCN(c3ccc(C)nn3)[C@@H]2C1.O=C(O)C(F)(F)F. The lowest BCUT2D eigenvalue weighted by Crippen LogP contribution is -2.51. The highest BCUT2D eigenvalue weighted by atomic mass is 32.2. The van der Waals surface area contributed by atoms with Crippen molar-refractivity contribution in [2.45, 2.75) is 32.2 Å². The van der Waals surface area contributed by atoms with Crippen molar-refractivity contribution in [3.8, 4) is 0 Å². The Labute approximate surface area is 160 Å². The van der Waals surface area contributed by atoms with Crippen molar-refractivity contribution in [1.82, 2.24) is 14.5 Å². The zero-order valence-electron chi connectivity index (χ0n) is 15.3. The summed E-state index contributed by atoms with van der Waals surface area (Å²) in [6, 6.07) is 3.86. The summed E-state index contributed by atoms with van der Waals surface area (Å²) in [4.78, 5) is 11.0. The second-order valence-corrected chi connectivity index (χ2v) is 8.48. The van der Waals surface area contributed by atoms with Crippen LogP contribution in [0.4, 0.5) is 19.0 Å². The molecule has 0 amide bonds. The van der Waals surface area contributed by atoms with Crippen molar-refractivity contribution < 1.29 is 36.2 Å². The number of halogens is 3. The first kappa shape index (κ1) is 22.3. The van der Waals surface area contributed by atoms with Crippen LogP contribution in [0.1, 0.15) is 12.6 Å². The van der Waals surface area contributed by atoms with Gasteiger partial charge in [-0.2, -0.15) is 22.6 Å². The first-order valence-electron chi connectivity index (χ1n) is 8.42. The standard InChI is InChI=1S/C13H20N4O3S.C2HF3O2/c1-3-21(18,19)16-8-11-12(9-16)20-7-6-17(11)13-5-4-10(2)14-15-13;3-2(4,5)1(6)7/h4-5,11-12H,3,6-9H2,1-2H3;(H,6,7)/t11-,12+;/m1./s1. The molecule has 1 aromatic rings. The van der Waals surface area contributed by atoms with Crippen molar-refractivity contribution in [1.29, 1.82) is 0 Å². The van der Waals surface area contributed by atoms with E-state index in [0.717, 1.165) is 11.5 Å². The number of morpholine rings is 1. The van der Waals surface area contributed by atoms with Gasteiger partial charge in [0.25, 0.3) is 0 Å². The molecule has 0 bridgehead atoms. The third-order valence-corrected chi connectivity index (χ3v) is 6.16. The lowest BCUT2D eigenvalue weighted by molar-refractivity contribution is -0.192. The number of anilines is 1. The molecule has 0 aromatic carbocycles. The summed E-state index contributed by atoms with van der Waals surface area (Å²) < 4.78 is 63.1. The lowest BCUT2D eigenvalue weighted by Gasteiger charge is -2.37. The molecule has 2 atom stereocenters. The number of aliphatic carboxylic acids is 1. The molecule has 0 saturated carbocycles. The number of carboxylic acid groups (broad SMARTS) is 1. The monoisotopic (exact) mass is 426 g/mol. The molecular formula is C15H21F3N4O5S. The summed E-state index contributed by atoms with van der Waals surface area (Å²) in [5, 5.41) is 15.4. The molecule has 0 unspecified atom stereocenters. The Balaban J connectivity index is 0.000000345. The molecule has 2 aliphatic heterocycles. The van der Waals surface area contributed by atoms with Gasteiger partial charge in [-0.1, -0.05) is 0 Å². The summed E-state index contributed by atoms with van der Waals surface area (Å²) in [7, 11) is -3.18. The molecule has 2 saturated heterocycles. The number of alkyl halides is 3. The highest BCUT2D eigenvalue weighted by molar-refractivity contribution is 7.89. The van der Waals surface area contributed by atoms with E-state index in [1.807, 2.05) is 19.1 Å². The van der Waals surface area contributed by atoms with E-state index in [1.54, 1.807) is 6.92 Å². The summed E-state index contributed by atoms with van der Waals surface area (Å²) >= 11 is 0. The van der Waals surface area contributed by atoms with Crippen molar-refractivity contribution in [2.24, 2.45) is 0 Å². The minimum absolute atomic E-state index is 0.0112. The van der Waals surface area contributed by atoms with Crippen LogP contribution in [0, 0.1) is 6.92 Å². The molecule has 1 N–H and O–H groups in total. The van der Waals surface area contributed by atoms with Gasteiger partial charge in [0.05, 0.1) is 30.2 Å². The quantitative estimate of drug-likeness (QED) is 0.750. The summed E-state index contributed by atoms with van der Waals surface area (Å²) in [5.74, 6) is -1.85. The van der Waals surface area contributed by atoms with Gasteiger partial charge in [0.1, 0.15) is 0 Å². The number of aryl methyl sites for hydroxylation is 1. The van der Waals surface area contributed by atoms with Crippen LogP contribution in [0.2, 0.25) is 0 Å². The zero-order valence-corrected chi connectivity index (χ0v) is 16.1. The average molecular weight is 426 g/mol. The molecule has 3 heterocycles. The number of hydrogen-bond donors (Lipinski definition) is 1. The Morgan fingerprint density at radius 3 is 2.46 bits per heavy atom. The number of nitrogens with zero attached hydrogens (tertiary/aromatic N) is 4. The van der Waals surface area contributed by atoms with Gasteiger partial charge in [-0.15, -0.1) is 5.10 Å². The van der Waals surface area contributed by atoms with Gasteiger partial charge in [0.15, 0.2) is 5.82 Å². The molecule has 158 valence electrons. The predicted molar refractivity (Wildman–Crippen MR) is 92.4 cm³/mol. The second-order valence-electron chi connectivity index (χ2n) is 6.22. The Bertz CT molecular complexity index is 788. The second kappa shape index (κ2) is 8.57. The summed E-state index contributed by atoms with van der Waals surface area (Å²) in [5.41, 5.74) is 0.866. The number of fused-ring (bicyclic) bond motifs is 1. The number of ether oxygens (including phenoxy) is 1. The molecule has 9 nitrogen and oxygen atoms in total. The van der Waals surface area contributed by atoms with Gasteiger partial charge < -0.3 is 14.7 Å². The topological polar surface area (TPSA) is 113 Å². The number of rotatable bonds is 3. The fourth-order valence-electron chi connectivity index (χ4n) is 2.89. The van der Waals surface area contributed by atoms with E-state index in [4.69, 9.17) is 14.6 Å². The minimum Gasteiger partial charge on any atom is -0.475 e. The van der Waals surface area contributed by atoms with Gasteiger partial charge in [0, 0.05) is 19.6 Å². The van der Waals surface area contributed by atoms with Gasteiger partial charge in [-0.3, -0.25) is 0 Å². The van der Waals surface area contributed by atoms with Gasteiger partial charge in [-0.05, 0) is 26.0 Å². The number of carbonyl (C=O) groups is 1. The summed E-state index contributed by atoms with van der Waals surface area (Å²) in [6.45, 7) is 5.73. The van der Waals surface area contributed by atoms with E-state index in [2.05, 4.69) is 15.1 Å². The Morgan fingerprint density at radius 2 is 1.96 bits per heavy atom. The van der Waals surface area contributed by atoms with E-state index in [1.165, 1.54) is 4.31 Å². The lowest BCUT2D eigenvalue weighted by atomic mass is 10.1. The zero-order chi connectivity index (χ0) is 21.1. The van der Waals surface area contributed by atoms with Crippen LogP contribution in [-0.2, 0) is 19.6 Å². The smallest absolute Gasteiger partial charge is 0.475 e. The fourth-order valence-corrected chi connectivity index (χ4v) is 4.01. The average Bonchev–Trinajstić information content (AvgIpc) is 3.07. The maximum absolute atomic E-state index is 12.1. The molecule has 0 aliphatic carbocycles. The van der Waals surface area contributed by atoms with Gasteiger partial charge in [0.2, 0.25) is 10.0 Å². The van der Waals surface area contributed by atoms with Crippen LogP contribution in [0.5, 0.6) is 0 Å². The molecule has 1 aromatic heterocycles. The van der Waals surface area contributed by atoms with Crippen molar-refractivity contribution in [2.75, 3.05) is 36.9 Å². The Hall–Kier alpha value is -1.99. The molecule has 0 spiro atoms. The van der Waals surface area contributed by atoms with E-state index in [9.17, 15) is 21.6 Å². The fraction of sp³-hybridized carbons (Fsp3) is 0.667. The number of sulfonamides is 1. The highest BCUT2D eigenvalue weighted by Crippen LogP contribution is 2.28. The molecule has 2 aliphatic rings. The molecule has 3 rings (SSSR count). The molecule has 0 radical (unpaired) electrons. The van der Waals surface area contributed by atoms with Crippen LogP contribution in [0.3, 0.4) is 0 Å². The molecule has 28 heavy (non-hydrogen) atoms. The normalized spacial score (nSPS) is 23.0. The van der Waals surface area contributed by atoms with Crippen molar-refractivity contribution in [3.63, 3.8) is 0 Å². The number of hydrogen-bond acceptors (Lipinski definition) is 7. The third-order valence-electron chi connectivity index (χ3n) is 4.35. The van der Waals surface area contributed by atoms with Crippen LogP contribution in [0.25, 0.3) is 0 Å². The largest absolute Gasteiger partial charge is 0.490 e. The van der Waals surface area contributed by atoms with E-state index in [-0.39, 0.29) is 17.9 Å². The maximum atomic E-state index is 12.1. The van der Waals surface area contributed by atoms with Gasteiger partial charge in [-0.25, -0.2) is 13.2 Å². The van der Waals surface area contributed by atoms with Crippen molar-refractivity contribution >= 4 is 21.8 Å². The number of aromatic nitrogens is 2. The predicted octanol–water partition coefficient (Wildman–Crippen LogP) is 0.657. The summed E-state index contributed by atoms with van der Waals surface area (Å²) in [6.07, 6.45) is -5.18. The van der Waals surface area contributed by atoms with Crippen molar-refractivity contribution in [3.05, 3.63) is 17.8 Å². The first-order chi connectivity index (χ1) is 13.0. The maximum Gasteiger partial charge on any atom is 0.490 e. The van der Waals surface area contributed by atoms with E-state index >= 15 is 0 Å².